The van der Waals surface area contributed by atoms with Crippen molar-refractivity contribution >= 4 is 33.1 Å². The summed E-state index contributed by atoms with van der Waals surface area (Å²) >= 11 is 1.30. The molecule has 8 nitrogen and oxygen atoms in total. The number of benzene rings is 3. The topological polar surface area (TPSA) is 96.0 Å². The van der Waals surface area contributed by atoms with E-state index >= 15 is 0 Å². The third-order valence-corrected chi connectivity index (χ3v) is 5.88. The zero-order valence-corrected chi connectivity index (χ0v) is 18.7. The summed E-state index contributed by atoms with van der Waals surface area (Å²) in [6.45, 7) is 3.26. The first-order valence-corrected chi connectivity index (χ1v) is 11.1. The predicted molar refractivity (Wildman–Crippen MR) is 126 cm³/mol. The monoisotopic (exact) mass is 463 g/mol. The fourth-order valence-electron chi connectivity index (χ4n) is 3.21. The Morgan fingerprint density at radius 2 is 1.79 bits per heavy atom. The summed E-state index contributed by atoms with van der Waals surface area (Å²) in [4.78, 5) is 28.4. The van der Waals surface area contributed by atoms with Crippen molar-refractivity contribution in [3.05, 3.63) is 93.3 Å². The van der Waals surface area contributed by atoms with Crippen LogP contribution in [0.25, 0.3) is 10.2 Å². The smallest absolute Gasteiger partial charge is 0.279 e. The zero-order chi connectivity index (χ0) is 23.2. The molecule has 1 aromatic heterocycles. The van der Waals surface area contributed by atoms with Gasteiger partial charge in [-0.25, -0.2) is 0 Å². The van der Waals surface area contributed by atoms with Crippen molar-refractivity contribution in [3.63, 3.8) is 0 Å². The number of carbonyl (C=O) groups is 1. The Bertz CT molecular complexity index is 1340. The zero-order valence-electron chi connectivity index (χ0n) is 17.8. The van der Waals surface area contributed by atoms with Gasteiger partial charge in [-0.05, 0) is 49.4 Å². The van der Waals surface area contributed by atoms with E-state index in [0.717, 1.165) is 4.70 Å². The minimum Gasteiger partial charge on any atom is -0.457 e. The van der Waals surface area contributed by atoms with Crippen LogP contribution in [0.3, 0.4) is 0 Å². The maximum absolute atomic E-state index is 12.9. The molecule has 0 radical (unpaired) electrons. The highest BCUT2D eigenvalue weighted by Crippen LogP contribution is 2.24. The fourth-order valence-corrected chi connectivity index (χ4v) is 4.25. The van der Waals surface area contributed by atoms with Gasteiger partial charge in [0.25, 0.3) is 11.6 Å². The lowest BCUT2D eigenvalue weighted by Gasteiger charge is -2.06. The van der Waals surface area contributed by atoms with Crippen molar-refractivity contribution in [1.82, 2.24) is 4.57 Å². The minimum absolute atomic E-state index is 0.0164. The number of aromatic nitrogens is 1. The molecule has 4 rings (SSSR count). The predicted octanol–water partition coefficient (Wildman–Crippen LogP) is 5.18. The van der Waals surface area contributed by atoms with Gasteiger partial charge in [-0.1, -0.05) is 29.5 Å². The van der Waals surface area contributed by atoms with Crippen molar-refractivity contribution in [2.75, 3.05) is 13.2 Å². The van der Waals surface area contributed by atoms with Gasteiger partial charge in [-0.2, -0.15) is 4.99 Å². The molecule has 0 spiro atoms. The molecule has 9 heteroatoms. The van der Waals surface area contributed by atoms with Crippen molar-refractivity contribution in [1.29, 1.82) is 0 Å². The van der Waals surface area contributed by atoms with Crippen LogP contribution in [0.15, 0.2) is 77.8 Å². The normalized spacial score (nSPS) is 11.6. The number of hydrogen-bond acceptors (Lipinski definition) is 6. The molecule has 0 fully saturated rings. The first kappa shape index (κ1) is 22.4. The van der Waals surface area contributed by atoms with Crippen LogP contribution in [0.1, 0.15) is 17.3 Å². The van der Waals surface area contributed by atoms with Crippen LogP contribution in [0.4, 0.5) is 5.69 Å². The molecule has 0 aliphatic heterocycles. The maximum Gasteiger partial charge on any atom is 0.279 e. The van der Waals surface area contributed by atoms with Crippen molar-refractivity contribution in [2.45, 2.75) is 13.5 Å². The lowest BCUT2D eigenvalue weighted by Crippen LogP contribution is -2.19. The molecule has 0 atom stereocenters. The summed E-state index contributed by atoms with van der Waals surface area (Å²) in [5.74, 6) is 0.905. The molecule has 168 valence electrons. The Kier molecular flexibility index (Phi) is 6.92. The number of non-ortho nitro benzene ring substituents is 1. The standard InChI is InChI=1S/C24H21N3O5S/c1-2-31-15-14-26-21-16-18(27(29)30)10-13-22(21)33-24(26)25-23(28)17-8-11-20(12-9-17)32-19-6-4-3-5-7-19/h3-13,16H,2,14-15H2,1H3. The van der Waals surface area contributed by atoms with Crippen LogP contribution in [0.5, 0.6) is 11.5 Å². The van der Waals surface area contributed by atoms with Crippen LogP contribution in [-0.2, 0) is 11.3 Å². The van der Waals surface area contributed by atoms with Crippen LogP contribution in [0, 0.1) is 10.1 Å². The van der Waals surface area contributed by atoms with Gasteiger partial charge in [0.2, 0.25) is 0 Å². The highest BCUT2D eigenvalue weighted by molar-refractivity contribution is 7.16. The van der Waals surface area contributed by atoms with Crippen molar-refractivity contribution in [2.24, 2.45) is 4.99 Å². The fraction of sp³-hybridized carbons (Fsp3) is 0.167. The maximum atomic E-state index is 12.9. The molecule has 0 aliphatic carbocycles. The number of thiazole rings is 1. The first-order chi connectivity index (χ1) is 16.0. The number of nitrogens with zero attached hydrogens (tertiary/aromatic N) is 3. The van der Waals surface area contributed by atoms with Gasteiger partial charge in [0, 0.05) is 30.8 Å². The van der Waals surface area contributed by atoms with Crippen molar-refractivity contribution < 1.29 is 19.2 Å². The summed E-state index contributed by atoms with van der Waals surface area (Å²) < 4.78 is 13.8. The van der Waals surface area contributed by atoms with Gasteiger partial charge < -0.3 is 14.0 Å². The molecule has 4 aromatic rings. The van der Waals surface area contributed by atoms with E-state index in [-0.39, 0.29) is 5.69 Å². The number of nitro groups is 1. The van der Waals surface area contributed by atoms with E-state index < -0.39 is 10.8 Å². The van der Waals surface area contributed by atoms with E-state index in [1.807, 2.05) is 37.3 Å². The summed E-state index contributed by atoms with van der Waals surface area (Å²) in [5, 5.41) is 11.2. The molecule has 1 heterocycles. The number of amides is 1. The Balaban J connectivity index is 1.64. The molecule has 0 saturated carbocycles. The van der Waals surface area contributed by atoms with E-state index in [4.69, 9.17) is 9.47 Å². The van der Waals surface area contributed by atoms with Gasteiger partial charge in [0.1, 0.15) is 11.5 Å². The van der Waals surface area contributed by atoms with E-state index in [1.165, 1.54) is 23.5 Å². The molecule has 0 bridgehead atoms. The molecule has 1 amide bonds. The second-order valence-electron chi connectivity index (χ2n) is 7.00. The van der Waals surface area contributed by atoms with Crippen LogP contribution < -0.4 is 9.54 Å². The number of fused-ring (bicyclic) bond motifs is 1. The third kappa shape index (κ3) is 5.33. The average molecular weight is 464 g/mol. The molecular formula is C24H21N3O5S. The molecule has 0 N–H and O–H groups in total. The molecular weight excluding hydrogens is 442 g/mol. The summed E-state index contributed by atoms with van der Waals surface area (Å²) in [6.07, 6.45) is 0. The summed E-state index contributed by atoms with van der Waals surface area (Å²) in [5.41, 5.74) is 1.04. The molecule has 0 saturated heterocycles. The summed E-state index contributed by atoms with van der Waals surface area (Å²) in [7, 11) is 0. The van der Waals surface area contributed by atoms with Crippen LogP contribution >= 0.6 is 11.3 Å². The van der Waals surface area contributed by atoms with Crippen LogP contribution in [0.2, 0.25) is 0 Å². The second-order valence-corrected chi connectivity index (χ2v) is 8.01. The Morgan fingerprint density at radius 3 is 2.48 bits per heavy atom. The average Bonchev–Trinajstić information content (AvgIpc) is 3.16. The molecule has 33 heavy (non-hydrogen) atoms. The Hall–Kier alpha value is -3.82. The number of ether oxygens (including phenoxy) is 2. The molecule has 0 aliphatic rings. The minimum atomic E-state index is -0.439. The third-order valence-electron chi connectivity index (χ3n) is 4.82. The number of carbonyl (C=O) groups excluding carboxylic acids is 1. The molecule has 3 aromatic carbocycles. The van der Waals surface area contributed by atoms with Gasteiger partial charge in [-0.3, -0.25) is 14.9 Å². The quantitative estimate of drug-likeness (QED) is 0.204. The first-order valence-electron chi connectivity index (χ1n) is 10.3. The van der Waals surface area contributed by atoms with Crippen LogP contribution in [-0.4, -0.2) is 28.6 Å². The Morgan fingerprint density at radius 1 is 1.06 bits per heavy atom. The van der Waals surface area contributed by atoms with Gasteiger partial charge >= 0.3 is 0 Å². The number of rotatable bonds is 8. The number of hydrogen-bond donors (Lipinski definition) is 0. The van der Waals surface area contributed by atoms with Crippen molar-refractivity contribution in [3.8, 4) is 11.5 Å². The van der Waals surface area contributed by atoms with Gasteiger partial charge in [0.05, 0.1) is 21.7 Å². The second kappa shape index (κ2) is 10.2. The largest absolute Gasteiger partial charge is 0.457 e. The molecule has 0 unspecified atom stereocenters. The Labute approximate surface area is 193 Å². The number of nitro benzene ring substituents is 1. The van der Waals surface area contributed by atoms with Gasteiger partial charge in [0.15, 0.2) is 4.80 Å². The van der Waals surface area contributed by atoms with E-state index in [9.17, 15) is 14.9 Å². The van der Waals surface area contributed by atoms with E-state index in [1.54, 1.807) is 34.9 Å². The van der Waals surface area contributed by atoms with E-state index in [0.29, 0.717) is 47.1 Å². The van der Waals surface area contributed by atoms with Gasteiger partial charge in [-0.15, -0.1) is 0 Å². The van der Waals surface area contributed by atoms with E-state index in [2.05, 4.69) is 4.99 Å². The lowest BCUT2D eigenvalue weighted by molar-refractivity contribution is -0.384. The highest BCUT2D eigenvalue weighted by atomic mass is 32.1. The SMILES string of the molecule is CCOCCn1c(=NC(=O)c2ccc(Oc3ccccc3)cc2)sc2ccc([N+](=O)[O-])cc21. The number of para-hydroxylation sites is 1. The highest BCUT2D eigenvalue weighted by Gasteiger charge is 2.14. The lowest BCUT2D eigenvalue weighted by atomic mass is 10.2. The summed E-state index contributed by atoms with van der Waals surface area (Å²) in [6, 6.07) is 20.7.